The van der Waals surface area contributed by atoms with E-state index in [1.54, 1.807) is 11.3 Å². The molecule has 0 atom stereocenters. The molecule has 1 aliphatic carbocycles. The summed E-state index contributed by atoms with van der Waals surface area (Å²) in [6.07, 6.45) is 5.13. The molecule has 3 nitrogen and oxygen atoms in total. The van der Waals surface area contributed by atoms with Gasteiger partial charge in [-0.3, -0.25) is 0 Å². The molecule has 1 aliphatic rings. The number of aromatic nitrogens is 2. The zero-order valence-electron chi connectivity index (χ0n) is 12.7. The van der Waals surface area contributed by atoms with Crippen LogP contribution in [0.25, 0.3) is 21.3 Å². The van der Waals surface area contributed by atoms with Crippen LogP contribution in [0, 0.1) is 6.92 Å². The maximum atomic E-state index is 4.71. The van der Waals surface area contributed by atoms with Crippen molar-refractivity contribution >= 4 is 27.4 Å². The first-order valence-corrected chi connectivity index (χ1v) is 8.77. The Balaban J connectivity index is 1.85. The topological polar surface area (TPSA) is 37.8 Å². The molecular formula is C18H19N3S. The molecular weight excluding hydrogens is 290 g/mol. The van der Waals surface area contributed by atoms with Crippen LogP contribution in [0.5, 0.6) is 0 Å². The highest BCUT2D eigenvalue weighted by molar-refractivity contribution is 7.17. The second-order valence-corrected chi connectivity index (χ2v) is 6.80. The minimum Gasteiger partial charge on any atom is -0.367 e. The number of hydrogen-bond acceptors (Lipinski definition) is 4. The molecule has 22 heavy (non-hydrogen) atoms. The van der Waals surface area contributed by atoms with Crippen LogP contribution in [0.1, 0.15) is 31.5 Å². The van der Waals surface area contributed by atoms with Gasteiger partial charge in [-0.05, 0) is 25.3 Å². The molecule has 2 heterocycles. The summed E-state index contributed by atoms with van der Waals surface area (Å²) >= 11 is 1.70. The number of hydrogen-bond donors (Lipinski definition) is 1. The Kier molecular flexibility index (Phi) is 3.54. The largest absolute Gasteiger partial charge is 0.367 e. The Labute approximate surface area is 134 Å². The monoisotopic (exact) mass is 309 g/mol. The van der Waals surface area contributed by atoms with Gasteiger partial charge in [0.25, 0.3) is 0 Å². The van der Waals surface area contributed by atoms with Crippen LogP contribution < -0.4 is 5.32 Å². The van der Waals surface area contributed by atoms with Gasteiger partial charge in [0, 0.05) is 17.0 Å². The molecule has 1 saturated carbocycles. The lowest BCUT2D eigenvalue weighted by atomic mass is 10.1. The quantitative estimate of drug-likeness (QED) is 0.738. The lowest BCUT2D eigenvalue weighted by Crippen LogP contribution is -2.16. The van der Waals surface area contributed by atoms with E-state index >= 15 is 0 Å². The zero-order chi connectivity index (χ0) is 14.9. The first-order valence-electron chi connectivity index (χ1n) is 7.89. The molecule has 1 aromatic carbocycles. The van der Waals surface area contributed by atoms with Gasteiger partial charge in [0.05, 0.1) is 5.39 Å². The van der Waals surface area contributed by atoms with Crippen LogP contribution in [-0.2, 0) is 0 Å². The van der Waals surface area contributed by atoms with Crippen molar-refractivity contribution in [3.8, 4) is 11.1 Å². The summed E-state index contributed by atoms with van der Waals surface area (Å²) in [7, 11) is 0. The lowest BCUT2D eigenvalue weighted by molar-refractivity contribution is 0.750. The van der Waals surface area contributed by atoms with E-state index < -0.39 is 0 Å². The third kappa shape index (κ3) is 2.48. The fourth-order valence-electron chi connectivity index (χ4n) is 3.25. The van der Waals surface area contributed by atoms with E-state index in [0.717, 1.165) is 16.5 Å². The highest BCUT2D eigenvalue weighted by Gasteiger charge is 2.19. The molecule has 0 unspecified atom stereocenters. The summed E-state index contributed by atoms with van der Waals surface area (Å²) in [5.74, 6) is 1.85. The fourth-order valence-corrected chi connectivity index (χ4v) is 4.24. The van der Waals surface area contributed by atoms with Crippen molar-refractivity contribution in [1.82, 2.24) is 9.97 Å². The summed E-state index contributed by atoms with van der Waals surface area (Å²) in [6.45, 7) is 1.97. The molecule has 4 heteroatoms. The number of thiophene rings is 1. The van der Waals surface area contributed by atoms with E-state index in [-0.39, 0.29) is 0 Å². The second-order valence-electron chi connectivity index (χ2n) is 5.94. The van der Waals surface area contributed by atoms with Gasteiger partial charge in [0.2, 0.25) is 0 Å². The van der Waals surface area contributed by atoms with Crippen LogP contribution in [-0.4, -0.2) is 16.0 Å². The number of nitrogens with one attached hydrogen (secondary N) is 1. The van der Waals surface area contributed by atoms with Gasteiger partial charge in [-0.25, -0.2) is 9.97 Å². The summed E-state index contributed by atoms with van der Waals surface area (Å²) in [5.41, 5.74) is 2.47. The number of anilines is 1. The molecule has 1 fully saturated rings. The molecule has 0 bridgehead atoms. The molecule has 0 saturated heterocycles. The molecule has 2 aromatic heterocycles. The van der Waals surface area contributed by atoms with E-state index in [1.165, 1.54) is 42.2 Å². The molecule has 3 aromatic rings. The van der Waals surface area contributed by atoms with Crippen LogP contribution in [0.2, 0.25) is 0 Å². The number of aryl methyl sites for hydroxylation is 1. The summed E-state index contributed by atoms with van der Waals surface area (Å²) in [5, 5.41) is 7.05. The summed E-state index contributed by atoms with van der Waals surface area (Å²) in [6, 6.07) is 11.1. The molecule has 1 N–H and O–H groups in total. The van der Waals surface area contributed by atoms with Crippen LogP contribution in [0.15, 0.2) is 35.7 Å². The van der Waals surface area contributed by atoms with Crippen molar-refractivity contribution in [3.05, 3.63) is 41.5 Å². The van der Waals surface area contributed by atoms with Gasteiger partial charge in [-0.2, -0.15) is 0 Å². The fraction of sp³-hybridized carbons (Fsp3) is 0.333. The predicted molar refractivity (Wildman–Crippen MR) is 93.5 cm³/mol. The normalized spacial score (nSPS) is 15.5. The SMILES string of the molecule is Cc1nc(NC2CCCC2)c2c(-c3ccccc3)csc2n1. The number of nitrogens with zero attached hydrogens (tertiary/aromatic N) is 2. The van der Waals surface area contributed by atoms with Gasteiger partial charge in [0.1, 0.15) is 16.5 Å². The maximum Gasteiger partial charge on any atom is 0.139 e. The molecule has 0 aliphatic heterocycles. The number of fused-ring (bicyclic) bond motifs is 1. The minimum atomic E-state index is 0.557. The third-order valence-electron chi connectivity index (χ3n) is 4.33. The van der Waals surface area contributed by atoms with E-state index in [0.29, 0.717) is 6.04 Å². The van der Waals surface area contributed by atoms with Crippen molar-refractivity contribution in [2.24, 2.45) is 0 Å². The van der Waals surface area contributed by atoms with E-state index in [1.807, 2.05) is 6.92 Å². The average Bonchev–Trinajstić information content (AvgIpc) is 3.17. The second kappa shape index (κ2) is 5.69. The number of benzene rings is 1. The molecule has 0 amide bonds. The molecule has 4 rings (SSSR count). The summed E-state index contributed by atoms with van der Waals surface area (Å²) < 4.78 is 0. The molecule has 0 spiro atoms. The third-order valence-corrected chi connectivity index (χ3v) is 5.20. The molecule has 0 radical (unpaired) electrons. The van der Waals surface area contributed by atoms with E-state index in [2.05, 4.69) is 46.0 Å². The van der Waals surface area contributed by atoms with Gasteiger partial charge < -0.3 is 5.32 Å². The smallest absolute Gasteiger partial charge is 0.139 e. The summed E-state index contributed by atoms with van der Waals surface area (Å²) in [4.78, 5) is 10.4. The van der Waals surface area contributed by atoms with E-state index in [4.69, 9.17) is 4.98 Å². The van der Waals surface area contributed by atoms with Gasteiger partial charge in [0.15, 0.2) is 0 Å². The van der Waals surface area contributed by atoms with Crippen molar-refractivity contribution in [1.29, 1.82) is 0 Å². The van der Waals surface area contributed by atoms with Crippen molar-refractivity contribution < 1.29 is 0 Å². The number of rotatable bonds is 3. The molecule has 112 valence electrons. The van der Waals surface area contributed by atoms with Gasteiger partial charge in [-0.15, -0.1) is 11.3 Å². The Morgan fingerprint density at radius 3 is 2.64 bits per heavy atom. The first kappa shape index (κ1) is 13.7. The average molecular weight is 309 g/mol. The van der Waals surface area contributed by atoms with Crippen molar-refractivity contribution in [2.75, 3.05) is 5.32 Å². The van der Waals surface area contributed by atoms with Crippen molar-refractivity contribution in [2.45, 2.75) is 38.6 Å². The van der Waals surface area contributed by atoms with Crippen LogP contribution in [0.4, 0.5) is 5.82 Å². The highest BCUT2D eigenvalue weighted by Crippen LogP contribution is 2.37. The standard InChI is InChI=1S/C18H19N3S/c1-12-19-17(21-14-9-5-6-10-14)16-15(11-22-18(16)20-12)13-7-3-2-4-8-13/h2-4,7-8,11,14H,5-6,9-10H2,1H3,(H,19,20,21). The maximum absolute atomic E-state index is 4.71. The van der Waals surface area contributed by atoms with E-state index in [9.17, 15) is 0 Å². The zero-order valence-corrected chi connectivity index (χ0v) is 13.5. The highest BCUT2D eigenvalue weighted by atomic mass is 32.1. The van der Waals surface area contributed by atoms with Gasteiger partial charge >= 0.3 is 0 Å². The van der Waals surface area contributed by atoms with Crippen LogP contribution >= 0.6 is 11.3 Å². The minimum absolute atomic E-state index is 0.557. The Morgan fingerprint density at radius 2 is 1.86 bits per heavy atom. The predicted octanol–water partition coefficient (Wildman–Crippen LogP) is 5.02. The van der Waals surface area contributed by atoms with Gasteiger partial charge in [-0.1, -0.05) is 43.2 Å². The van der Waals surface area contributed by atoms with Crippen molar-refractivity contribution in [3.63, 3.8) is 0 Å². The Bertz CT molecular complexity index is 789. The van der Waals surface area contributed by atoms with Crippen LogP contribution in [0.3, 0.4) is 0 Å². The Morgan fingerprint density at radius 1 is 1.09 bits per heavy atom. The Hall–Kier alpha value is -1.94. The lowest BCUT2D eigenvalue weighted by Gasteiger charge is -2.14. The first-order chi connectivity index (χ1) is 10.8.